The van der Waals surface area contributed by atoms with Crippen molar-refractivity contribution in [2.75, 3.05) is 0 Å². The minimum absolute atomic E-state index is 0.00465. The number of amides is 1. The van der Waals surface area contributed by atoms with Gasteiger partial charge in [-0.3, -0.25) is 4.79 Å². The topological polar surface area (TPSA) is 112 Å². The van der Waals surface area contributed by atoms with Crippen LogP contribution in [-0.4, -0.2) is 46.1 Å². The molecule has 2 aliphatic carbocycles. The van der Waals surface area contributed by atoms with Crippen molar-refractivity contribution in [3.8, 4) is 6.07 Å². The molecule has 3 N–H and O–H groups in total. The lowest BCUT2D eigenvalue weighted by molar-refractivity contribution is -0.200. The van der Waals surface area contributed by atoms with E-state index in [0.29, 0.717) is 16.7 Å². The quantitative estimate of drug-likeness (QED) is 0.565. The molecule has 33 heavy (non-hydrogen) atoms. The molecule has 0 radical (unpaired) electrons. The maximum absolute atomic E-state index is 13.3. The van der Waals surface area contributed by atoms with Crippen LogP contribution < -0.4 is 5.32 Å². The summed E-state index contributed by atoms with van der Waals surface area (Å²) in [6.07, 6.45) is -1.63. The van der Waals surface area contributed by atoms with Gasteiger partial charge in [-0.2, -0.15) is 5.26 Å². The van der Waals surface area contributed by atoms with Gasteiger partial charge in [-0.15, -0.1) is 0 Å². The van der Waals surface area contributed by atoms with E-state index in [1.54, 1.807) is 36.4 Å². The summed E-state index contributed by atoms with van der Waals surface area (Å²) < 4.78 is 25.2. The Morgan fingerprint density at radius 3 is 2.55 bits per heavy atom. The van der Waals surface area contributed by atoms with Crippen LogP contribution in [0.25, 0.3) is 0 Å². The largest absolute Gasteiger partial charge is 0.390 e. The van der Waals surface area contributed by atoms with Gasteiger partial charge in [-0.05, 0) is 42.2 Å². The molecule has 8 heteroatoms. The summed E-state index contributed by atoms with van der Waals surface area (Å²) in [4.78, 5) is 13.3. The molecule has 0 bridgehead atoms. The minimum Gasteiger partial charge on any atom is -0.390 e. The number of aliphatic hydroxyl groups is 2. The Bertz CT molecular complexity index is 1020. The summed E-state index contributed by atoms with van der Waals surface area (Å²) >= 11 is 0. The molecule has 1 unspecified atom stereocenters. The number of carbonyl (C=O) groups is 1. The number of aliphatic hydroxyl groups excluding tert-OH is 2. The number of hydrogen-bond donors (Lipinski definition) is 3. The van der Waals surface area contributed by atoms with E-state index >= 15 is 0 Å². The normalized spacial score (nSPS) is 27.0. The second-order valence-corrected chi connectivity index (χ2v) is 8.74. The van der Waals surface area contributed by atoms with Gasteiger partial charge in [-0.1, -0.05) is 30.3 Å². The second-order valence-electron chi connectivity index (χ2n) is 8.74. The van der Waals surface area contributed by atoms with E-state index in [4.69, 9.17) is 9.47 Å². The zero-order chi connectivity index (χ0) is 23.4. The Kier molecular flexibility index (Phi) is 7.05. The van der Waals surface area contributed by atoms with Crippen molar-refractivity contribution >= 4 is 5.91 Å². The molecule has 2 saturated carbocycles. The van der Waals surface area contributed by atoms with E-state index in [1.165, 1.54) is 12.1 Å². The van der Waals surface area contributed by atoms with Crippen molar-refractivity contribution in [3.05, 3.63) is 71.0 Å². The van der Waals surface area contributed by atoms with Crippen LogP contribution in [0.4, 0.5) is 4.39 Å². The molecule has 2 fully saturated rings. The molecule has 0 heterocycles. The standard InChI is InChI=1S/C25H27FN2O5/c26-19-7-5-16(6-8-19)14-32-22-12-25(11-21(29)23(22)30,24(31)28-20-9-10-20)33-15-18-4-2-1-3-17(18)13-27/h1-8,20-23,29-30H,9-12,14-15H2,(H,28,31)/t21-,22?,23-,25+/m1/s1. The van der Waals surface area contributed by atoms with Crippen LogP contribution in [0.2, 0.25) is 0 Å². The highest BCUT2D eigenvalue weighted by molar-refractivity contribution is 5.86. The number of nitrogens with one attached hydrogen (secondary N) is 1. The van der Waals surface area contributed by atoms with Crippen LogP contribution in [0.15, 0.2) is 48.5 Å². The Hall–Kier alpha value is -2.83. The van der Waals surface area contributed by atoms with Crippen LogP contribution >= 0.6 is 0 Å². The van der Waals surface area contributed by atoms with Crippen molar-refractivity contribution in [1.29, 1.82) is 5.26 Å². The maximum Gasteiger partial charge on any atom is 0.252 e. The molecule has 2 aromatic rings. The molecule has 0 aliphatic heterocycles. The zero-order valence-electron chi connectivity index (χ0n) is 18.1. The van der Waals surface area contributed by atoms with Crippen molar-refractivity contribution in [2.45, 2.75) is 68.9 Å². The molecular weight excluding hydrogens is 427 g/mol. The third kappa shape index (κ3) is 5.57. The first-order chi connectivity index (χ1) is 15.9. The fraction of sp³-hybridized carbons (Fsp3) is 0.440. The van der Waals surface area contributed by atoms with Gasteiger partial charge >= 0.3 is 0 Å². The Balaban J connectivity index is 1.53. The summed E-state index contributed by atoms with van der Waals surface area (Å²) in [7, 11) is 0. The third-order valence-corrected chi connectivity index (χ3v) is 6.19. The van der Waals surface area contributed by atoms with Crippen LogP contribution in [-0.2, 0) is 27.5 Å². The van der Waals surface area contributed by atoms with Gasteiger partial charge in [0.05, 0.1) is 37.1 Å². The molecule has 0 saturated heterocycles. The van der Waals surface area contributed by atoms with Gasteiger partial charge in [0.15, 0.2) is 5.60 Å². The summed E-state index contributed by atoms with van der Waals surface area (Å²) in [5.41, 5.74) is 0.330. The molecule has 4 rings (SSSR count). The lowest BCUT2D eigenvalue weighted by Crippen LogP contribution is -2.60. The van der Waals surface area contributed by atoms with Crippen LogP contribution in [0.1, 0.15) is 42.4 Å². The van der Waals surface area contributed by atoms with Crippen molar-refractivity contribution in [3.63, 3.8) is 0 Å². The maximum atomic E-state index is 13.3. The van der Waals surface area contributed by atoms with Gasteiger partial charge in [0.1, 0.15) is 11.9 Å². The summed E-state index contributed by atoms with van der Waals surface area (Å²) in [5, 5.41) is 33.5. The van der Waals surface area contributed by atoms with Crippen LogP contribution in [0, 0.1) is 17.1 Å². The molecular formula is C25H27FN2O5. The number of ether oxygens (including phenoxy) is 2. The van der Waals surface area contributed by atoms with Gasteiger partial charge in [-0.25, -0.2) is 4.39 Å². The van der Waals surface area contributed by atoms with Gasteiger partial charge in [0.2, 0.25) is 0 Å². The first kappa shape index (κ1) is 23.3. The first-order valence-corrected chi connectivity index (χ1v) is 11.1. The van der Waals surface area contributed by atoms with Crippen molar-refractivity contribution in [2.24, 2.45) is 0 Å². The first-order valence-electron chi connectivity index (χ1n) is 11.1. The highest BCUT2D eigenvalue weighted by Gasteiger charge is 2.52. The summed E-state index contributed by atoms with van der Waals surface area (Å²) in [6.45, 7) is 0.0711. The van der Waals surface area contributed by atoms with Crippen LogP contribution in [0.3, 0.4) is 0 Å². The number of halogens is 1. The monoisotopic (exact) mass is 454 g/mol. The van der Waals surface area contributed by atoms with Gasteiger partial charge in [0.25, 0.3) is 5.91 Å². The van der Waals surface area contributed by atoms with E-state index in [9.17, 15) is 24.7 Å². The minimum atomic E-state index is -1.43. The highest BCUT2D eigenvalue weighted by Crippen LogP contribution is 2.36. The molecule has 174 valence electrons. The Morgan fingerprint density at radius 1 is 1.12 bits per heavy atom. The number of nitrogens with zero attached hydrogens (tertiary/aromatic N) is 1. The zero-order valence-corrected chi connectivity index (χ0v) is 18.1. The second kappa shape index (κ2) is 9.98. The molecule has 2 aliphatic rings. The predicted octanol–water partition coefficient (Wildman–Crippen LogP) is 2.33. The number of nitriles is 1. The SMILES string of the molecule is N#Cc1ccccc1CO[C@]1(C(=O)NC2CC2)CC(OCc2ccc(F)cc2)[C@H](O)[C@H](O)C1. The fourth-order valence-electron chi connectivity index (χ4n) is 4.06. The number of benzene rings is 2. The van der Waals surface area contributed by atoms with E-state index < -0.39 is 23.9 Å². The Morgan fingerprint density at radius 2 is 1.85 bits per heavy atom. The van der Waals surface area contributed by atoms with E-state index in [2.05, 4.69) is 11.4 Å². The predicted molar refractivity (Wildman–Crippen MR) is 116 cm³/mol. The number of hydrogen-bond acceptors (Lipinski definition) is 6. The molecule has 0 aromatic heterocycles. The lowest BCUT2D eigenvalue weighted by atomic mass is 9.78. The number of rotatable bonds is 8. The molecule has 0 spiro atoms. The van der Waals surface area contributed by atoms with Crippen molar-refractivity contribution in [1.82, 2.24) is 5.32 Å². The van der Waals surface area contributed by atoms with E-state index in [0.717, 1.165) is 12.8 Å². The smallest absolute Gasteiger partial charge is 0.252 e. The van der Waals surface area contributed by atoms with Gasteiger partial charge < -0.3 is 25.0 Å². The number of carbonyl (C=O) groups excluding carboxylic acids is 1. The van der Waals surface area contributed by atoms with E-state index in [-0.39, 0.29) is 43.8 Å². The van der Waals surface area contributed by atoms with E-state index in [1.807, 2.05) is 0 Å². The highest BCUT2D eigenvalue weighted by atomic mass is 19.1. The summed E-state index contributed by atoms with van der Waals surface area (Å²) in [6, 6.07) is 14.9. The lowest BCUT2D eigenvalue weighted by Gasteiger charge is -2.44. The molecule has 1 amide bonds. The summed E-state index contributed by atoms with van der Waals surface area (Å²) in [5.74, 6) is -0.727. The third-order valence-electron chi connectivity index (χ3n) is 6.19. The molecule has 2 aromatic carbocycles. The molecule has 4 atom stereocenters. The van der Waals surface area contributed by atoms with Crippen LogP contribution in [0.5, 0.6) is 0 Å². The van der Waals surface area contributed by atoms with Crippen molar-refractivity contribution < 1.29 is 28.9 Å². The van der Waals surface area contributed by atoms with Gasteiger partial charge in [0, 0.05) is 18.9 Å². The fourth-order valence-corrected chi connectivity index (χ4v) is 4.06. The average Bonchev–Trinajstić information content (AvgIpc) is 3.64. The average molecular weight is 454 g/mol. The molecule has 7 nitrogen and oxygen atoms in total. The Labute approximate surface area is 191 Å².